The lowest BCUT2D eigenvalue weighted by molar-refractivity contribution is -0.157. The first-order valence-corrected chi connectivity index (χ1v) is 16.3. The monoisotopic (exact) mass is 733 g/mol. The van der Waals surface area contributed by atoms with Crippen LogP contribution in [0.15, 0.2) is 110 Å². The van der Waals surface area contributed by atoms with E-state index in [9.17, 15) is 14.4 Å². The second-order valence-corrected chi connectivity index (χ2v) is 13.0. The molecule has 2 unspecified atom stereocenters. The second-order valence-electron chi connectivity index (χ2n) is 11.4. The molecule has 1 aliphatic heterocycles. The predicted octanol–water partition coefficient (Wildman–Crippen LogP) is 5.72. The van der Waals surface area contributed by atoms with E-state index in [0.29, 0.717) is 40.6 Å². The van der Waals surface area contributed by atoms with Crippen molar-refractivity contribution in [3.05, 3.63) is 149 Å². The van der Waals surface area contributed by atoms with Crippen LogP contribution in [0.3, 0.4) is 0 Å². The number of hydrogen-bond donors (Lipinski definition) is 2. The smallest absolute Gasteiger partial charge is 0.317 e. The summed E-state index contributed by atoms with van der Waals surface area (Å²) in [6, 6.07) is 29.1. The van der Waals surface area contributed by atoms with Crippen LogP contribution < -0.4 is 11.1 Å². The van der Waals surface area contributed by atoms with Crippen molar-refractivity contribution in [1.82, 2.24) is 24.5 Å². The van der Waals surface area contributed by atoms with Crippen molar-refractivity contribution in [2.24, 2.45) is 14.1 Å². The third kappa shape index (κ3) is 5.80. The molecule has 0 bridgehead atoms. The summed E-state index contributed by atoms with van der Waals surface area (Å²) in [6.45, 7) is 1.13. The molecule has 3 heterocycles. The lowest BCUT2D eigenvalue weighted by atomic mass is 9.72. The summed E-state index contributed by atoms with van der Waals surface area (Å²) in [5.74, 6) is -0.353. The van der Waals surface area contributed by atoms with E-state index in [1.807, 2.05) is 85.9 Å². The number of piperidine rings is 1. The molecule has 2 N–H and O–H groups in total. The summed E-state index contributed by atoms with van der Waals surface area (Å²) in [5.41, 5.74) is 2.61. The van der Waals surface area contributed by atoms with Crippen molar-refractivity contribution in [1.29, 1.82) is 0 Å². The van der Waals surface area contributed by atoms with Crippen LogP contribution in [0.2, 0.25) is 0 Å². The fraction of sp³-hybridized carbons (Fsp3) is 0.265. The van der Waals surface area contributed by atoms with Gasteiger partial charge in [-0.3, -0.25) is 38.8 Å². The predicted molar refractivity (Wildman–Crippen MR) is 179 cm³/mol. The van der Waals surface area contributed by atoms with Gasteiger partial charge in [-0.1, -0.05) is 91.0 Å². The molecule has 1 fully saturated rings. The summed E-state index contributed by atoms with van der Waals surface area (Å²) >= 11 is 6.97. The zero-order valence-electron chi connectivity index (χ0n) is 24.9. The summed E-state index contributed by atoms with van der Waals surface area (Å²) in [7, 11) is 3.57. The van der Waals surface area contributed by atoms with Crippen molar-refractivity contribution < 1.29 is 9.53 Å². The first kappa shape index (κ1) is 31.1. The maximum atomic E-state index is 14.6. The van der Waals surface area contributed by atoms with Crippen molar-refractivity contribution in [3.63, 3.8) is 0 Å². The highest BCUT2D eigenvalue weighted by Gasteiger charge is 2.47. The van der Waals surface area contributed by atoms with Gasteiger partial charge in [-0.2, -0.15) is 0 Å². The second kappa shape index (κ2) is 12.8. The molecule has 1 aliphatic rings. The molecule has 0 radical (unpaired) electrons. The van der Waals surface area contributed by atoms with Gasteiger partial charge in [-0.25, -0.2) is 0 Å². The highest BCUT2D eigenvalue weighted by Crippen LogP contribution is 2.43. The third-order valence-corrected chi connectivity index (χ3v) is 10.3. The number of aromatic amines is 2. The Morgan fingerprint density at radius 2 is 1.20 bits per heavy atom. The van der Waals surface area contributed by atoms with E-state index in [0.717, 1.165) is 22.4 Å². The molecule has 5 aromatic rings. The maximum absolute atomic E-state index is 14.6. The molecule has 11 heteroatoms. The van der Waals surface area contributed by atoms with Crippen LogP contribution in [0.4, 0.5) is 0 Å². The van der Waals surface area contributed by atoms with Gasteiger partial charge in [-0.15, -0.1) is 0 Å². The van der Waals surface area contributed by atoms with E-state index in [1.54, 1.807) is 16.4 Å². The number of hydrogen-bond acceptors (Lipinski definition) is 5. The van der Waals surface area contributed by atoms with E-state index in [2.05, 4.69) is 59.1 Å². The van der Waals surface area contributed by atoms with Gasteiger partial charge < -0.3 is 4.74 Å². The number of nitrogens with zero attached hydrogens (tertiary/aromatic N) is 3. The molecule has 45 heavy (non-hydrogen) atoms. The minimum atomic E-state index is -0.936. The van der Waals surface area contributed by atoms with Gasteiger partial charge in [0.2, 0.25) is 0 Å². The van der Waals surface area contributed by atoms with Gasteiger partial charge >= 0.3 is 5.97 Å². The van der Waals surface area contributed by atoms with Crippen molar-refractivity contribution in [2.75, 3.05) is 13.1 Å². The van der Waals surface area contributed by atoms with Gasteiger partial charge in [0.25, 0.3) is 11.1 Å². The van der Waals surface area contributed by atoms with Crippen LogP contribution in [-0.4, -0.2) is 43.5 Å². The average molecular weight is 735 g/mol. The van der Waals surface area contributed by atoms with Crippen molar-refractivity contribution in [3.8, 4) is 0 Å². The van der Waals surface area contributed by atoms with Crippen molar-refractivity contribution in [2.45, 2.75) is 30.4 Å². The van der Waals surface area contributed by atoms with Gasteiger partial charge in [0.1, 0.15) is 8.95 Å². The minimum Gasteiger partial charge on any atom is -0.450 e. The van der Waals surface area contributed by atoms with E-state index in [1.165, 1.54) is 0 Å². The van der Waals surface area contributed by atoms with Crippen LogP contribution in [0.1, 0.15) is 53.1 Å². The summed E-state index contributed by atoms with van der Waals surface area (Å²) in [4.78, 5) is 42.1. The molecule has 3 aromatic carbocycles. The summed E-state index contributed by atoms with van der Waals surface area (Å²) in [5, 5.41) is 5.64. The Morgan fingerprint density at radius 1 is 0.733 bits per heavy atom. The number of likely N-dealkylation sites (tertiary alicyclic amines) is 1. The zero-order chi connectivity index (χ0) is 31.7. The molecule has 0 aliphatic carbocycles. The molecule has 0 spiro atoms. The Morgan fingerprint density at radius 3 is 1.69 bits per heavy atom. The third-order valence-electron chi connectivity index (χ3n) is 8.79. The number of aromatic nitrogens is 4. The van der Waals surface area contributed by atoms with Crippen LogP contribution >= 0.6 is 31.9 Å². The highest BCUT2D eigenvalue weighted by atomic mass is 79.9. The van der Waals surface area contributed by atoms with Crippen LogP contribution in [-0.2, 0) is 29.0 Å². The Hall–Kier alpha value is -3.93. The van der Waals surface area contributed by atoms with E-state index >= 15 is 0 Å². The number of carbonyl (C=O) groups is 1. The highest BCUT2D eigenvalue weighted by molar-refractivity contribution is 9.10. The molecular formula is C34H33Br2N5O4. The molecule has 0 saturated carbocycles. The summed E-state index contributed by atoms with van der Waals surface area (Å²) < 4.78 is 10.7. The van der Waals surface area contributed by atoms with E-state index < -0.39 is 11.5 Å². The molecular weight excluding hydrogens is 702 g/mol. The Balaban J connectivity index is 1.38. The number of ether oxygens (including phenoxy) is 1. The van der Waals surface area contributed by atoms with Crippen molar-refractivity contribution >= 4 is 37.8 Å². The van der Waals surface area contributed by atoms with Gasteiger partial charge in [-0.05, 0) is 61.4 Å². The molecule has 232 valence electrons. The average Bonchev–Trinajstić information content (AvgIpc) is 3.47. The minimum absolute atomic E-state index is 0.190. The fourth-order valence-corrected chi connectivity index (χ4v) is 7.62. The first-order valence-electron chi connectivity index (χ1n) is 14.7. The zero-order valence-corrected chi connectivity index (χ0v) is 28.0. The Labute approximate surface area is 277 Å². The molecule has 2 atom stereocenters. The number of halogens is 2. The van der Waals surface area contributed by atoms with Crippen LogP contribution in [0.25, 0.3) is 0 Å². The SMILES string of the molecule is Cn1[nH]c(=O)c(Br)c1C(OC(=O)C1(c2ccccc2)CCN(C(c2ccccc2)c2c(Br)c(=O)[nH]n2C)CC1)c1ccccc1. The molecule has 2 aromatic heterocycles. The van der Waals surface area contributed by atoms with Gasteiger partial charge in [0, 0.05) is 27.2 Å². The lowest BCUT2D eigenvalue weighted by Gasteiger charge is -2.44. The quantitative estimate of drug-likeness (QED) is 0.199. The van der Waals surface area contributed by atoms with Gasteiger partial charge in [0.15, 0.2) is 6.10 Å². The Bertz CT molecular complexity index is 1910. The number of H-pyrrole nitrogens is 2. The van der Waals surface area contributed by atoms with Crippen LogP contribution in [0.5, 0.6) is 0 Å². The largest absolute Gasteiger partial charge is 0.450 e. The van der Waals surface area contributed by atoms with Crippen LogP contribution in [0, 0.1) is 0 Å². The molecule has 0 amide bonds. The number of benzene rings is 3. The maximum Gasteiger partial charge on any atom is 0.317 e. The van der Waals surface area contributed by atoms with Gasteiger partial charge in [0.05, 0.1) is 22.8 Å². The lowest BCUT2D eigenvalue weighted by Crippen LogP contribution is -2.49. The number of nitrogens with one attached hydrogen (secondary N) is 2. The number of esters is 1. The normalized spacial score (nSPS) is 16.3. The van der Waals surface area contributed by atoms with E-state index in [-0.39, 0.29) is 23.1 Å². The molecule has 1 saturated heterocycles. The molecule has 6 rings (SSSR count). The number of aryl methyl sites for hydroxylation is 2. The first-order chi connectivity index (χ1) is 21.7. The summed E-state index contributed by atoms with van der Waals surface area (Å²) in [6.07, 6.45) is 0.159. The topological polar surface area (TPSA) is 105 Å². The molecule has 9 nitrogen and oxygen atoms in total. The number of rotatable bonds is 8. The van der Waals surface area contributed by atoms with E-state index in [4.69, 9.17) is 4.74 Å². The fourth-order valence-electron chi connectivity index (χ4n) is 6.48. The standard InChI is InChI=1S/C34H33Br2N5O4/c1-39-28(25(35)31(42)37-39)27(22-12-6-3-7-13-22)41-20-18-34(19-21-41,24-16-10-5-11-17-24)33(44)45-30(23-14-8-4-9-15-23)29-26(36)32(43)38-40(29)2/h3-17,27,30H,18-21H2,1-2H3,(H,37,42)(H,38,43). The number of carbonyl (C=O) groups excluding carboxylic acids is 1. The Kier molecular flexibility index (Phi) is 8.85.